The lowest BCUT2D eigenvalue weighted by molar-refractivity contribution is -0.116. The Kier molecular flexibility index (Phi) is 4.41. The van der Waals surface area contributed by atoms with Crippen molar-refractivity contribution in [3.63, 3.8) is 0 Å². The van der Waals surface area contributed by atoms with Crippen LogP contribution in [-0.4, -0.2) is 41.6 Å². The molecule has 1 saturated carbocycles. The summed E-state index contributed by atoms with van der Waals surface area (Å²) in [7, 11) is 0. The smallest absolute Gasteiger partial charge is 0.226 e. The summed E-state index contributed by atoms with van der Waals surface area (Å²) in [6.07, 6.45) is 6.97. The molecule has 4 heterocycles. The number of hydrogen-bond donors (Lipinski definition) is 1. The van der Waals surface area contributed by atoms with Gasteiger partial charge in [-0.25, -0.2) is 0 Å². The summed E-state index contributed by atoms with van der Waals surface area (Å²) in [5.74, 6) is 2.02. The molecule has 0 radical (unpaired) electrons. The molecular formula is C23H23N7O2. The van der Waals surface area contributed by atoms with Crippen molar-refractivity contribution < 1.29 is 9.53 Å². The molecule has 1 aliphatic carbocycles. The Morgan fingerprint density at radius 3 is 2.69 bits per heavy atom. The van der Waals surface area contributed by atoms with Gasteiger partial charge in [-0.15, -0.1) is 15.3 Å². The predicted octanol–water partition coefficient (Wildman–Crippen LogP) is 3.41. The highest BCUT2D eigenvalue weighted by Crippen LogP contribution is 2.40. The van der Waals surface area contributed by atoms with E-state index in [9.17, 15) is 4.79 Å². The van der Waals surface area contributed by atoms with Crippen molar-refractivity contribution in [2.45, 2.75) is 51.0 Å². The second-order valence-electron chi connectivity index (χ2n) is 8.48. The van der Waals surface area contributed by atoms with Crippen molar-refractivity contribution in [3.05, 3.63) is 59.5 Å². The van der Waals surface area contributed by atoms with Gasteiger partial charge < -0.3 is 10.1 Å². The molecular weight excluding hydrogens is 406 g/mol. The first-order chi connectivity index (χ1) is 15.7. The number of aromatic nitrogens is 6. The molecule has 0 unspecified atom stereocenters. The molecule has 0 bridgehead atoms. The van der Waals surface area contributed by atoms with Gasteiger partial charge in [0.1, 0.15) is 17.9 Å². The van der Waals surface area contributed by atoms with Crippen LogP contribution in [0.3, 0.4) is 0 Å². The SMILES string of the molecule is Cc1nn(-c2ccc3nncn3n2)c2c1[C@@H](c1ccc(OC3CCCC3)cc1)CC(=O)N2. The van der Waals surface area contributed by atoms with Crippen LogP contribution in [0.15, 0.2) is 42.7 Å². The first-order valence-electron chi connectivity index (χ1n) is 11.0. The van der Waals surface area contributed by atoms with Gasteiger partial charge in [0.05, 0.1) is 11.8 Å². The molecule has 0 spiro atoms. The number of aryl methyl sites for hydroxylation is 1. The van der Waals surface area contributed by atoms with Gasteiger partial charge in [-0.1, -0.05) is 12.1 Å². The largest absolute Gasteiger partial charge is 0.490 e. The number of nitrogens with one attached hydrogen (secondary N) is 1. The second kappa shape index (κ2) is 7.44. The van der Waals surface area contributed by atoms with Crippen LogP contribution in [0.25, 0.3) is 11.5 Å². The summed E-state index contributed by atoms with van der Waals surface area (Å²) in [6.45, 7) is 1.97. The highest BCUT2D eigenvalue weighted by atomic mass is 16.5. The van der Waals surface area contributed by atoms with Gasteiger partial charge in [0.2, 0.25) is 5.91 Å². The van der Waals surface area contributed by atoms with Gasteiger partial charge in [0.25, 0.3) is 0 Å². The number of fused-ring (bicyclic) bond motifs is 2. The molecule has 1 atom stereocenters. The average Bonchev–Trinajstić information content (AvgIpc) is 3.54. The van der Waals surface area contributed by atoms with Crippen LogP contribution in [-0.2, 0) is 4.79 Å². The van der Waals surface area contributed by atoms with E-state index in [0.717, 1.165) is 35.4 Å². The number of hydrogen-bond acceptors (Lipinski definition) is 6. The van der Waals surface area contributed by atoms with Crippen LogP contribution in [0, 0.1) is 6.92 Å². The number of anilines is 1. The third kappa shape index (κ3) is 3.21. The summed E-state index contributed by atoms with van der Waals surface area (Å²) in [5, 5.41) is 20.1. The molecule has 162 valence electrons. The van der Waals surface area contributed by atoms with Crippen molar-refractivity contribution in [3.8, 4) is 11.6 Å². The monoisotopic (exact) mass is 429 g/mol. The van der Waals surface area contributed by atoms with E-state index >= 15 is 0 Å². The molecule has 9 heteroatoms. The Labute approximate surface area is 184 Å². The molecule has 6 rings (SSSR count). The maximum Gasteiger partial charge on any atom is 0.226 e. The lowest BCUT2D eigenvalue weighted by Gasteiger charge is -2.24. The lowest BCUT2D eigenvalue weighted by atomic mass is 9.86. The van der Waals surface area contributed by atoms with E-state index in [2.05, 4.69) is 32.7 Å². The quantitative estimate of drug-likeness (QED) is 0.534. The Balaban J connectivity index is 1.36. The number of benzene rings is 1. The molecule has 4 aromatic rings. The number of ether oxygens (including phenoxy) is 1. The first-order valence-corrected chi connectivity index (χ1v) is 11.0. The second-order valence-corrected chi connectivity index (χ2v) is 8.48. The molecule has 1 fully saturated rings. The van der Waals surface area contributed by atoms with Gasteiger partial charge in [-0.2, -0.15) is 14.3 Å². The molecule has 1 N–H and O–H groups in total. The van der Waals surface area contributed by atoms with Crippen molar-refractivity contribution in [2.24, 2.45) is 0 Å². The summed E-state index contributed by atoms with van der Waals surface area (Å²) in [5.41, 5.74) is 3.60. The van der Waals surface area contributed by atoms with Gasteiger partial charge in [-0.3, -0.25) is 4.79 Å². The van der Waals surface area contributed by atoms with Crippen LogP contribution in [0.1, 0.15) is 54.8 Å². The lowest BCUT2D eigenvalue weighted by Crippen LogP contribution is -2.25. The van der Waals surface area contributed by atoms with Crippen molar-refractivity contribution >= 4 is 17.4 Å². The third-order valence-corrected chi connectivity index (χ3v) is 6.35. The maximum atomic E-state index is 12.6. The van der Waals surface area contributed by atoms with Crippen LogP contribution < -0.4 is 10.1 Å². The van der Waals surface area contributed by atoms with E-state index in [1.54, 1.807) is 9.20 Å². The molecule has 1 amide bonds. The van der Waals surface area contributed by atoms with Gasteiger partial charge >= 0.3 is 0 Å². The minimum atomic E-state index is -0.0772. The maximum absolute atomic E-state index is 12.6. The van der Waals surface area contributed by atoms with E-state index in [1.165, 1.54) is 19.2 Å². The van der Waals surface area contributed by atoms with E-state index in [4.69, 9.17) is 9.84 Å². The fraction of sp³-hybridized carbons (Fsp3) is 0.348. The van der Waals surface area contributed by atoms with Gasteiger partial charge in [-0.05, 0) is 62.4 Å². The summed E-state index contributed by atoms with van der Waals surface area (Å²) in [6, 6.07) is 11.8. The molecule has 32 heavy (non-hydrogen) atoms. The molecule has 1 aliphatic heterocycles. The topological polar surface area (TPSA) is 99.2 Å². The summed E-state index contributed by atoms with van der Waals surface area (Å²) in [4.78, 5) is 12.6. The number of nitrogens with zero attached hydrogens (tertiary/aromatic N) is 6. The molecule has 2 aliphatic rings. The Hall–Kier alpha value is -3.75. The highest BCUT2D eigenvalue weighted by Gasteiger charge is 2.33. The van der Waals surface area contributed by atoms with Gasteiger partial charge in [0, 0.05) is 17.9 Å². The van der Waals surface area contributed by atoms with Crippen LogP contribution >= 0.6 is 0 Å². The Bertz CT molecular complexity index is 1300. The molecule has 9 nitrogen and oxygen atoms in total. The highest BCUT2D eigenvalue weighted by molar-refractivity contribution is 5.95. The molecule has 1 aromatic carbocycles. The Morgan fingerprint density at radius 2 is 1.88 bits per heavy atom. The van der Waals surface area contributed by atoms with E-state index in [1.807, 2.05) is 31.2 Å². The predicted molar refractivity (Wildman–Crippen MR) is 117 cm³/mol. The molecule has 0 saturated heterocycles. The summed E-state index contributed by atoms with van der Waals surface area (Å²) < 4.78 is 9.38. The minimum Gasteiger partial charge on any atom is -0.490 e. The minimum absolute atomic E-state index is 0.0414. The normalized spacial score (nSPS) is 18.7. The zero-order valence-corrected chi connectivity index (χ0v) is 17.7. The van der Waals surface area contributed by atoms with E-state index in [-0.39, 0.29) is 11.8 Å². The van der Waals surface area contributed by atoms with Crippen LogP contribution in [0.5, 0.6) is 5.75 Å². The zero-order chi connectivity index (χ0) is 21.7. The third-order valence-electron chi connectivity index (χ3n) is 6.35. The molecule has 3 aromatic heterocycles. The fourth-order valence-corrected chi connectivity index (χ4v) is 4.81. The number of carbonyl (C=O) groups excluding carboxylic acids is 1. The number of carbonyl (C=O) groups is 1. The van der Waals surface area contributed by atoms with E-state index < -0.39 is 0 Å². The zero-order valence-electron chi connectivity index (χ0n) is 17.7. The van der Waals surface area contributed by atoms with Crippen LogP contribution in [0.4, 0.5) is 5.82 Å². The standard InChI is InChI=1S/C23H23N7O2/c1-14-22-18(15-6-8-17(9-7-15)32-16-4-2-3-5-16)12-21(31)25-23(22)30(27-14)20-11-10-19-26-24-13-29(19)28-20/h6-11,13,16,18H,2-5,12H2,1H3,(H,25,31)/t18-/m1/s1. The van der Waals surface area contributed by atoms with Gasteiger partial charge in [0.15, 0.2) is 11.5 Å². The van der Waals surface area contributed by atoms with Crippen LogP contribution in [0.2, 0.25) is 0 Å². The Morgan fingerprint density at radius 1 is 1.06 bits per heavy atom. The fourth-order valence-electron chi connectivity index (χ4n) is 4.81. The van der Waals surface area contributed by atoms with Crippen molar-refractivity contribution in [1.29, 1.82) is 0 Å². The van der Waals surface area contributed by atoms with E-state index in [0.29, 0.717) is 29.8 Å². The van der Waals surface area contributed by atoms with Crippen molar-refractivity contribution in [2.75, 3.05) is 5.32 Å². The number of rotatable bonds is 4. The van der Waals surface area contributed by atoms with Crippen molar-refractivity contribution in [1.82, 2.24) is 29.6 Å². The first kappa shape index (κ1) is 19.0. The summed E-state index contributed by atoms with van der Waals surface area (Å²) >= 11 is 0. The number of amides is 1. The average molecular weight is 429 g/mol.